The molecule has 2 aromatic rings. The zero-order valence-corrected chi connectivity index (χ0v) is 14.8. The topological polar surface area (TPSA) is 56.3 Å². The third-order valence-corrected chi connectivity index (χ3v) is 4.86. The highest BCUT2D eigenvalue weighted by atomic mass is 32.2. The lowest BCUT2D eigenvalue weighted by atomic mass is 10.2. The van der Waals surface area contributed by atoms with Gasteiger partial charge >= 0.3 is 0 Å². The summed E-state index contributed by atoms with van der Waals surface area (Å²) in [6.07, 6.45) is 2.29. The largest absolute Gasteiger partial charge is 0.461 e. The van der Waals surface area contributed by atoms with E-state index in [2.05, 4.69) is 40.4 Å². The van der Waals surface area contributed by atoms with Crippen molar-refractivity contribution in [3.05, 3.63) is 18.4 Å². The van der Waals surface area contributed by atoms with Crippen LogP contribution in [-0.2, 0) is 11.3 Å². The standard InChI is InChI=1S/C16H24N4O2S/c1-4-20-15(14-6-5-8-21-14)17-18-16(20)23-9-7-19-10-12(2)22-13(3)11-19/h5-6,8,12-13H,4,7,9-11H2,1-3H3/t12-,13-/m0/s1. The molecule has 0 amide bonds. The number of ether oxygens (including phenoxy) is 1. The fraction of sp³-hybridized carbons (Fsp3) is 0.625. The smallest absolute Gasteiger partial charge is 0.200 e. The summed E-state index contributed by atoms with van der Waals surface area (Å²) < 4.78 is 13.3. The molecule has 2 atom stereocenters. The summed E-state index contributed by atoms with van der Waals surface area (Å²) in [5.74, 6) is 2.56. The Bertz CT molecular complexity index is 604. The van der Waals surface area contributed by atoms with Crippen molar-refractivity contribution in [2.75, 3.05) is 25.4 Å². The molecular weight excluding hydrogens is 312 g/mol. The van der Waals surface area contributed by atoms with Gasteiger partial charge in [-0.25, -0.2) is 0 Å². The number of morpholine rings is 1. The van der Waals surface area contributed by atoms with Crippen LogP contribution in [0.4, 0.5) is 0 Å². The van der Waals surface area contributed by atoms with Gasteiger partial charge in [0.15, 0.2) is 16.7 Å². The molecule has 3 rings (SSSR count). The summed E-state index contributed by atoms with van der Waals surface area (Å²) in [4.78, 5) is 2.46. The highest BCUT2D eigenvalue weighted by Crippen LogP contribution is 2.24. The highest BCUT2D eigenvalue weighted by Gasteiger charge is 2.22. The second-order valence-electron chi connectivity index (χ2n) is 5.89. The number of aromatic nitrogens is 3. The van der Waals surface area contributed by atoms with E-state index in [-0.39, 0.29) is 0 Å². The molecule has 1 aliphatic heterocycles. The molecule has 0 bridgehead atoms. The molecule has 2 aromatic heterocycles. The van der Waals surface area contributed by atoms with Gasteiger partial charge in [-0.1, -0.05) is 11.8 Å². The van der Waals surface area contributed by atoms with E-state index < -0.39 is 0 Å². The van der Waals surface area contributed by atoms with Crippen molar-refractivity contribution in [1.29, 1.82) is 0 Å². The lowest BCUT2D eigenvalue weighted by Gasteiger charge is -2.35. The molecule has 0 N–H and O–H groups in total. The molecule has 1 aliphatic rings. The van der Waals surface area contributed by atoms with Gasteiger partial charge < -0.3 is 9.15 Å². The SMILES string of the molecule is CCn1c(SCCN2C[C@H](C)O[C@@H](C)C2)nnc1-c1ccco1. The van der Waals surface area contributed by atoms with E-state index in [9.17, 15) is 0 Å². The Hall–Kier alpha value is -1.31. The molecule has 1 fully saturated rings. The van der Waals surface area contributed by atoms with Crippen LogP contribution in [0.25, 0.3) is 11.6 Å². The molecular formula is C16H24N4O2S. The van der Waals surface area contributed by atoms with E-state index >= 15 is 0 Å². The van der Waals surface area contributed by atoms with Gasteiger partial charge in [0.05, 0.1) is 18.5 Å². The van der Waals surface area contributed by atoms with Crippen molar-refractivity contribution in [2.45, 2.75) is 44.7 Å². The summed E-state index contributed by atoms with van der Waals surface area (Å²) in [7, 11) is 0. The molecule has 126 valence electrons. The summed E-state index contributed by atoms with van der Waals surface area (Å²) in [6.45, 7) is 10.3. The maximum Gasteiger partial charge on any atom is 0.200 e. The van der Waals surface area contributed by atoms with Gasteiger partial charge in [0.25, 0.3) is 0 Å². The van der Waals surface area contributed by atoms with Crippen molar-refractivity contribution in [2.24, 2.45) is 0 Å². The first-order valence-corrected chi connectivity index (χ1v) is 9.13. The molecule has 6 nitrogen and oxygen atoms in total. The van der Waals surface area contributed by atoms with E-state index in [4.69, 9.17) is 9.15 Å². The molecule has 1 saturated heterocycles. The maximum absolute atomic E-state index is 5.78. The first-order valence-electron chi connectivity index (χ1n) is 8.15. The molecule has 0 radical (unpaired) electrons. The first-order chi connectivity index (χ1) is 11.2. The van der Waals surface area contributed by atoms with E-state index in [1.165, 1.54) is 0 Å². The Morgan fingerprint density at radius 2 is 2.04 bits per heavy atom. The van der Waals surface area contributed by atoms with Gasteiger partial charge in [-0.05, 0) is 32.9 Å². The average molecular weight is 336 g/mol. The Balaban J connectivity index is 1.58. The van der Waals surface area contributed by atoms with E-state index in [0.29, 0.717) is 12.2 Å². The van der Waals surface area contributed by atoms with Crippen molar-refractivity contribution in [1.82, 2.24) is 19.7 Å². The van der Waals surface area contributed by atoms with Crippen LogP contribution in [0.3, 0.4) is 0 Å². The zero-order valence-electron chi connectivity index (χ0n) is 13.9. The number of thioether (sulfide) groups is 1. The van der Waals surface area contributed by atoms with E-state index in [1.54, 1.807) is 18.0 Å². The summed E-state index contributed by atoms with van der Waals surface area (Å²) in [5.41, 5.74) is 0. The molecule has 0 aromatic carbocycles. The molecule has 23 heavy (non-hydrogen) atoms. The second-order valence-corrected chi connectivity index (χ2v) is 6.96. The normalized spacial score (nSPS) is 22.6. The predicted molar refractivity (Wildman–Crippen MR) is 90.6 cm³/mol. The van der Waals surface area contributed by atoms with Crippen LogP contribution in [0, 0.1) is 0 Å². The third-order valence-electron chi connectivity index (χ3n) is 3.91. The maximum atomic E-state index is 5.78. The minimum atomic E-state index is 0.314. The Morgan fingerprint density at radius 3 is 2.70 bits per heavy atom. The Labute approximate surface area is 141 Å². The van der Waals surface area contributed by atoms with Crippen LogP contribution in [0.5, 0.6) is 0 Å². The van der Waals surface area contributed by atoms with Gasteiger partial charge in [-0.15, -0.1) is 10.2 Å². The fourth-order valence-electron chi connectivity index (χ4n) is 3.00. The van der Waals surface area contributed by atoms with Crippen LogP contribution in [0.2, 0.25) is 0 Å². The van der Waals surface area contributed by atoms with Gasteiger partial charge in [0.1, 0.15) is 0 Å². The van der Waals surface area contributed by atoms with Gasteiger partial charge in [0, 0.05) is 31.9 Å². The van der Waals surface area contributed by atoms with E-state index in [1.807, 2.05) is 12.1 Å². The van der Waals surface area contributed by atoms with Crippen LogP contribution < -0.4 is 0 Å². The van der Waals surface area contributed by atoms with Crippen molar-refractivity contribution >= 4 is 11.8 Å². The minimum Gasteiger partial charge on any atom is -0.461 e. The quantitative estimate of drug-likeness (QED) is 0.756. The van der Waals surface area contributed by atoms with Gasteiger partial charge in [-0.3, -0.25) is 9.47 Å². The predicted octanol–water partition coefficient (Wildman–Crippen LogP) is 2.76. The molecule has 3 heterocycles. The molecule has 0 unspecified atom stereocenters. The average Bonchev–Trinajstić information content (AvgIpc) is 3.14. The van der Waals surface area contributed by atoms with Crippen molar-refractivity contribution in [3.8, 4) is 11.6 Å². The summed E-state index contributed by atoms with van der Waals surface area (Å²) >= 11 is 1.75. The lowest BCUT2D eigenvalue weighted by Crippen LogP contribution is -2.46. The molecule has 0 spiro atoms. The summed E-state index contributed by atoms with van der Waals surface area (Å²) in [5, 5.41) is 9.56. The monoisotopic (exact) mass is 336 g/mol. The number of hydrogen-bond donors (Lipinski definition) is 0. The van der Waals surface area contributed by atoms with E-state index in [0.717, 1.165) is 48.7 Å². The highest BCUT2D eigenvalue weighted by molar-refractivity contribution is 7.99. The summed E-state index contributed by atoms with van der Waals surface area (Å²) in [6, 6.07) is 3.79. The minimum absolute atomic E-state index is 0.314. The fourth-order valence-corrected chi connectivity index (χ4v) is 4.00. The van der Waals surface area contributed by atoms with Crippen molar-refractivity contribution < 1.29 is 9.15 Å². The second kappa shape index (κ2) is 7.51. The van der Waals surface area contributed by atoms with Crippen molar-refractivity contribution in [3.63, 3.8) is 0 Å². The number of rotatable bonds is 6. The van der Waals surface area contributed by atoms with Crippen LogP contribution in [0.15, 0.2) is 28.0 Å². The van der Waals surface area contributed by atoms with Crippen LogP contribution in [-0.4, -0.2) is 57.3 Å². The van der Waals surface area contributed by atoms with Crippen LogP contribution in [0.1, 0.15) is 20.8 Å². The van der Waals surface area contributed by atoms with Gasteiger partial charge in [0.2, 0.25) is 0 Å². The zero-order chi connectivity index (χ0) is 16.2. The van der Waals surface area contributed by atoms with Gasteiger partial charge in [-0.2, -0.15) is 0 Å². The number of furan rings is 1. The molecule has 7 heteroatoms. The molecule has 0 saturated carbocycles. The number of hydrogen-bond acceptors (Lipinski definition) is 6. The Morgan fingerprint density at radius 1 is 1.26 bits per heavy atom. The molecule has 0 aliphatic carbocycles. The number of nitrogens with zero attached hydrogens (tertiary/aromatic N) is 4. The lowest BCUT2D eigenvalue weighted by molar-refractivity contribution is -0.0661. The third kappa shape index (κ3) is 3.97. The first kappa shape index (κ1) is 16.5. The Kier molecular flexibility index (Phi) is 5.40. The van der Waals surface area contributed by atoms with Crippen LogP contribution >= 0.6 is 11.8 Å².